The molecule has 0 amide bonds. The van der Waals surface area contributed by atoms with E-state index in [9.17, 15) is 10.1 Å². The quantitative estimate of drug-likeness (QED) is 0.369. The molecule has 1 saturated heterocycles. The van der Waals surface area contributed by atoms with Crippen molar-refractivity contribution in [1.29, 1.82) is 0 Å². The van der Waals surface area contributed by atoms with Crippen LogP contribution >= 0.6 is 36.4 Å². The fourth-order valence-electron chi connectivity index (χ4n) is 3.47. The van der Waals surface area contributed by atoms with Crippen molar-refractivity contribution in [3.05, 3.63) is 45.1 Å². The van der Waals surface area contributed by atoms with Gasteiger partial charge < -0.3 is 15.5 Å². The third-order valence-electron chi connectivity index (χ3n) is 4.96. The van der Waals surface area contributed by atoms with E-state index >= 15 is 0 Å². The predicted octanol–water partition coefficient (Wildman–Crippen LogP) is 5.16. The van der Waals surface area contributed by atoms with Gasteiger partial charge in [0.2, 0.25) is 5.95 Å². The van der Waals surface area contributed by atoms with E-state index in [0.29, 0.717) is 17.7 Å². The average Bonchev–Trinajstić information content (AvgIpc) is 3.16. The van der Waals surface area contributed by atoms with Crippen molar-refractivity contribution in [2.45, 2.75) is 45.6 Å². The molecule has 0 radical (unpaired) electrons. The van der Waals surface area contributed by atoms with Crippen LogP contribution in [-0.2, 0) is 6.42 Å². The Morgan fingerprint density at radius 3 is 2.71 bits per heavy atom. The Hall–Kier alpha value is -1.87. The minimum atomic E-state index is -0.497. The van der Waals surface area contributed by atoms with Crippen molar-refractivity contribution in [2.24, 2.45) is 0 Å². The molecule has 0 aliphatic carbocycles. The van der Waals surface area contributed by atoms with Gasteiger partial charge in [-0.3, -0.25) is 10.1 Å². The number of halogens is 3. The summed E-state index contributed by atoms with van der Waals surface area (Å²) >= 11 is 5.91. The number of aryl methyl sites for hydroxylation is 1. The number of nitrogens with one attached hydrogen (secondary N) is 2. The Balaban J connectivity index is 0.00000240. The van der Waals surface area contributed by atoms with Crippen LogP contribution in [0.15, 0.2) is 24.3 Å². The number of hydrogen-bond donors (Lipinski definition) is 2. The summed E-state index contributed by atoms with van der Waals surface area (Å²) in [6.07, 6.45) is 4.07. The van der Waals surface area contributed by atoms with E-state index < -0.39 is 4.92 Å². The van der Waals surface area contributed by atoms with Crippen molar-refractivity contribution in [1.82, 2.24) is 15.3 Å². The van der Waals surface area contributed by atoms with Crippen LogP contribution < -0.4 is 15.5 Å². The zero-order chi connectivity index (χ0) is 20.8. The molecule has 1 aromatic carbocycles. The van der Waals surface area contributed by atoms with Crippen LogP contribution in [0.4, 0.5) is 23.1 Å². The summed E-state index contributed by atoms with van der Waals surface area (Å²) < 4.78 is 0. The van der Waals surface area contributed by atoms with Gasteiger partial charge in [0, 0.05) is 42.6 Å². The van der Waals surface area contributed by atoms with Crippen molar-refractivity contribution in [3.63, 3.8) is 0 Å². The summed E-state index contributed by atoms with van der Waals surface area (Å²) in [7, 11) is 0. The molecule has 1 aromatic heterocycles. The van der Waals surface area contributed by atoms with E-state index in [-0.39, 0.29) is 35.5 Å². The molecule has 3 rings (SSSR count). The highest BCUT2D eigenvalue weighted by Gasteiger charge is 2.23. The van der Waals surface area contributed by atoms with Gasteiger partial charge in [-0.1, -0.05) is 31.9 Å². The van der Waals surface area contributed by atoms with Gasteiger partial charge in [0.1, 0.15) is 10.8 Å². The summed E-state index contributed by atoms with van der Waals surface area (Å²) in [6, 6.07) is 7.12. The minimum absolute atomic E-state index is 0. The molecule has 8 nitrogen and oxygen atoms in total. The van der Waals surface area contributed by atoms with E-state index in [2.05, 4.69) is 45.4 Å². The second kappa shape index (κ2) is 12.9. The molecule has 0 bridgehead atoms. The maximum Gasteiger partial charge on any atom is 0.289 e. The van der Waals surface area contributed by atoms with Crippen LogP contribution in [0.1, 0.15) is 38.8 Å². The lowest BCUT2D eigenvalue weighted by Gasteiger charge is -2.19. The van der Waals surface area contributed by atoms with Gasteiger partial charge in [-0.2, -0.15) is 4.98 Å². The standard InChI is InChI=1S/C20H27ClN6O2.2ClH/c1-3-5-6-14-12-19(26-10-9-16(13-26)22-4-2)25-20(23-14)24-15-7-8-17(21)18(11-15)27(28)29;;/h7-8,11-12,16,22H,3-6,9-10,13H2,1-2H3,(H,23,24,25);2*1H/t16-;;/m0../s1. The van der Waals surface area contributed by atoms with Gasteiger partial charge in [-0.15, -0.1) is 24.8 Å². The fourth-order valence-corrected chi connectivity index (χ4v) is 3.66. The Kier molecular flexibility index (Phi) is 11.3. The SMILES string of the molecule is CCCCc1cc(N2CC[C@H](NCC)C2)nc(Nc2ccc(Cl)c([N+](=O)[O-])c2)n1.Cl.Cl. The van der Waals surface area contributed by atoms with E-state index in [1.807, 2.05) is 0 Å². The van der Waals surface area contributed by atoms with Crippen LogP contribution in [0.5, 0.6) is 0 Å². The highest BCUT2D eigenvalue weighted by atomic mass is 35.5. The fraction of sp³-hybridized carbons (Fsp3) is 0.500. The first kappa shape index (κ1) is 27.2. The van der Waals surface area contributed by atoms with Crippen LogP contribution in [-0.4, -0.2) is 40.6 Å². The number of unbranched alkanes of at least 4 members (excludes halogenated alkanes) is 1. The summed E-state index contributed by atoms with van der Waals surface area (Å²) in [5.74, 6) is 1.33. The smallest absolute Gasteiger partial charge is 0.289 e. The topological polar surface area (TPSA) is 96.2 Å². The van der Waals surface area contributed by atoms with Crippen LogP contribution in [0, 0.1) is 10.1 Å². The molecule has 31 heavy (non-hydrogen) atoms. The van der Waals surface area contributed by atoms with Gasteiger partial charge in [-0.05, 0) is 37.9 Å². The number of anilines is 3. The van der Waals surface area contributed by atoms with E-state index in [4.69, 9.17) is 11.6 Å². The first-order chi connectivity index (χ1) is 14.0. The summed E-state index contributed by atoms with van der Waals surface area (Å²) in [5.41, 5.74) is 1.36. The molecular weight excluding hydrogens is 463 g/mol. The Bertz CT molecular complexity index is 871. The molecule has 1 aliphatic rings. The molecule has 11 heteroatoms. The molecule has 2 aromatic rings. The van der Waals surface area contributed by atoms with Gasteiger partial charge in [0.15, 0.2) is 0 Å². The summed E-state index contributed by atoms with van der Waals surface area (Å²) in [5, 5.41) is 17.9. The number of rotatable bonds is 9. The number of hydrogen-bond acceptors (Lipinski definition) is 7. The molecular formula is C20H29Cl3N6O2. The van der Waals surface area contributed by atoms with Gasteiger partial charge in [0.25, 0.3) is 5.69 Å². The van der Waals surface area contributed by atoms with E-state index in [1.54, 1.807) is 6.07 Å². The monoisotopic (exact) mass is 490 g/mol. The molecule has 1 atom stereocenters. The Morgan fingerprint density at radius 2 is 2.03 bits per heavy atom. The number of nitrogens with zero attached hydrogens (tertiary/aromatic N) is 4. The van der Waals surface area contributed by atoms with Gasteiger partial charge >= 0.3 is 0 Å². The number of nitro groups is 1. The third-order valence-corrected chi connectivity index (χ3v) is 5.28. The zero-order valence-corrected chi connectivity index (χ0v) is 20.0. The highest BCUT2D eigenvalue weighted by Crippen LogP contribution is 2.29. The second-order valence-corrected chi connectivity index (χ2v) is 7.59. The lowest BCUT2D eigenvalue weighted by molar-refractivity contribution is -0.384. The van der Waals surface area contributed by atoms with Crippen molar-refractivity contribution < 1.29 is 4.92 Å². The molecule has 1 fully saturated rings. The van der Waals surface area contributed by atoms with E-state index in [0.717, 1.165) is 56.8 Å². The number of likely N-dealkylation sites (N-methyl/N-ethyl adjacent to an activating group) is 1. The maximum atomic E-state index is 11.2. The highest BCUT2D eigenvalue weighted by molar-refractivity contribution is 6.32. The first-order valence-corrected chi connectivity index (χ1v) is 10.4. The predicted molar refractivity (Wildman–Crippen MR) is 131 cm³/mol. The average molecular weight is 492 g/mol. The molecule has 0 unspecified atom stereocenters. The zero-order valence-electron chi connectivity index (χ0n) is 17.6. The first-order valence-electron chi connectivity index (χ1n) is 10.1. The van der Waals surface area contributed by atoms with Gasteiger partial charge in [0.05, 0.1) is 4.92 Å². The lowest BCUT2D eigenvalue weighted by Crippen LogP contribution is -2.32. The van der Waals surface area contributed by atoms with E-state index in [1.165, 1.54) is 12.1 Å². The van der Waals surface area contributed by atoms with Crippen molar-refractivity contribution >= 4 is 59.6 Å². The van der Waals surface area contributed by atoms with Crippen LogP contribution in [0.2, 0.25) is 5.02 Å². The molecule has 172 valence electrons. The summed E-state index contributed by atoms with van der Waals surface area (Å²) in [4.78, 5) is 22.2. The lowest BCUT2D eigenvalue weighted by atomic mass is 10.2. The maximum absolute atomic E-state index is 11.2. The van der Waals surface area contributed by atoms with Gasteiger partial charge in [-0.25, -0.2) is 4.98 Å². The van der Waals surface area contributed by atoms with Crippen LogP contribution in [0.3, 0.4) is 0 Å². The Labute approximate surface area is 200 Å². The molecule has 1 aliphatic heterocycles. The second-order valence-electron chi connectivity index (χ2n) is 7.18. The van der Waals surface area contributed by atoms with Crippen LogP contribution in [0.25, 0.3) is 0 Å². The van der Waals surface area contributed by atoms with Crippen molar-refractivity contribution in [2.75, 3.05) is 29.9 Å². The molecule has 0 spiro atoms. The molecule has 2 N–H and O–H groups in total. The molecule has 0 saturated carbocycles. The number of benzene rings is 1. The minimum Gasteiger partial charge on any atom is -0.355 e. The Morgan fingerprint density at radius 1 is 1.26 bits per heavy atom. The van der Waals surface area contributed by atoms with Crippen molar-refractivity contribution in [3.8, 4) is 0 Å². The normalized spacial score (nSPS) is 15.2. The number of aromatic nitrogens is 2. The molecule has 2 heterocycles. The summed E-state index contributed by atoms with van der Waals surface area (Å²) in [6.45, 7) is 7.06. The third kappa shape index (κ3) is 7.35. The number of nitro benzene ring substituents is 1. The largest absolute Gasteiger partial charge is 0.355 e.